The molecular formula is C22H27N3O5. The van der Waals surface area contributed by atoms with Crippen LogP contribution in [0.4, 0.5) is 0 Å². The lowest BCUT2D eigenvalue weighted by atomic mass is 9.98. The van der Waals surface area contributed by atoms with Crippen molar-refractivity contribution in [1.82, 2.24) is 15.1 Å². The molecule has 1 aromatic rings. The molecule has 1 N–H and O–H groups in total. The summed E-state index contributed by atoms with van der Waals surface area (Å²) in [7, 11) is 0. The number of fused-ring (bicyclic) bond motifs is 1. The Hall–Kier alpha value is -2.90. The summed E-state index contributed by atoms with van der Waals surface area (Å²) in [6.45, 7) is 2.80. The zero-order valence-electron chi connectivity index (χ0n) is 17.1. The Morgan fingerprint density at radius 1 is 1.17 bits per heavy atom. The van der Waals surface area contributed by atoms with Crippen molar-refractivity contribution in [2.24, 2.45) is 5.92 Å². The third-order valence-electron chi connectivity index (χ3n) is 5.99. The summed E-state index contributed by atoms with van der Waals surface area (Å²) >= 11 is 0. The molecule has 1 aliphatic carbocycles. The van der Waals surface area contributed by atoms with Crippen LogP contribution >= 0.6 is 0 Å². The van der Waals surface area contributed by atoms with Gasteiger partial charge in [0.1, 0.15) is 6.04 Å². The van der Waals surface area contributed by atoms with Crippen LogP contribution in [0.1, 0.15) is 54.6 Å². The standard InChI is InChI=1S/C22H27N3O5/c1-2-30-22(29)14-6-5-11-24(13-14)18(26)12-23-20(27)19-16-7-3-4-8-17(16)21(28)25(19)15-9-10-15/h3-4,7-8,14-15,19H,2,5-6,9-13H2,1H3,(H,23,27). The van der Waals surface area contributed by atoms with Crippen molar-refractivity contribution in [1.29, 1.82) is 0 Å². The van der Waals surface area contributed by atoms with E-state index in [-0.39, 0.29) is 42.2 Å². The summed E-state index contributed by atoms with van der Waals surface area (Å²) in [5, 5.41) is 2.72. The van der Waals surface area contributed by atoms with Crippen LogP contribution in [0.5, 0.6) is 0 Å². The van der Waals surface area contributed by atoms with Gasteiger partial charge in [-0.05, 0) is 44.2 Å². The summed E-state index contributed by atoms with van der Waals surface area (Å²) in [6, 6.07) is 6.55. The fourth-order valence-corrected chi connectivity index (χ4v) is 4.36. The van der Waals surface area contributed by atoms with Crippen molar-refractivity contribution in [2.75, 3.05) is 26.2 Å². The molecule has 0 spiro atoms. The highest BCUT2D eigenvalue weighted by Gasteiger charge is 2.47. The lowest BCUT2D eigenvalue weighted by Gasteiger charge is -2.32. The van der Waals surface area contributed by atoms with Gasteiger partial charge in [0.05, 0.1) is 19.1 Å². The molecule has 3 aliphatic rings. The van der Waals surface area contributed by atoms with Crippen LogP contribution in [0, 0.1) is 5.92 Å². The highest BCUT2D eigenvalue weighted by molar-refractivity contribution is 6.05. The highest BCUT2D eigenvalue weighted by atomic mass is 16.5. The molecule has 0 radical (unpaired) electrons. The van der Waals surface area contributed by atoms with Crippen molar-refractivity contribution in [3.8, 4) is 0 Å². The molecule has 2 heterocycles. The number of hydrogen-bond acceptors (Lipinski definition) is 5. The van der Waals surface area contributed by atoms with Gasteiger partial charge in [-0.25, -0.2) is 0 Å². The number of carbonyl (C=O) groups is 4. The molecular weight excluding hydrogens is 386 g/mol. The Morgan fingerprint density at radius 3 is 2.67 bits per heavy atom. The largest absolute Gasteiger partial charge is 0.466 e. The summed E-state index contributed by atoms with van der Waals surface area (Å²) in [4.78, 5) is 53.7. The Balaban J connectivity index is 1.39. The first-order valence-electron chi connectivity index (χ1n) is 10.6. The minimum absolute atomic E-state index is 0.0868. The molecule has 8 nitrogen and oxygen atoms in total. The van der Waals surface area contributed by atoms with E-state index in [1.54, 1.807) is 34.9 Å². The molecule has 1 saturated heterocycles. The normalized spacial score (nSPS) is 23.2. The second-order valence-electron chi connectivity index (χ2n) is 8.08. The number of esters is 1. The third-order valence-corrected chi connectivity index (χ3v) is 5.99. The molecule has 1 saturated carbocycles. The van der Waals surface area contributed by atoms with Crippen LogP contribution < -0.4 is 5.32 Å². The maximum absolute atomic E-state index is 13.0. The van der Waals surface area contributed by atoms with E-state index in [1.165, 1.54) is 0 Å². The first kappa shape index (κ1) is 20.4. The first-order valence-corrected chi connectivity index (χ1v) is 10.6. The van der Waals surface area contributed by atoms with E-state index in [4.69, 9.17) is 4.74 Å². The molecule has 8 heteroatoms. The Bertz CT molecular complexity index is 866. The fraction of sp³-hybridized carbons (Fsp3) is 0.545. The summed E-state index contributed by atoms with van der Waals surface area (Å²) < 4.78 is 5.07. The zero-order chi connectivity index (χ0) is 21.3. The monoisotopic (exact) mass is 413 g/mol. The Morgan fingerprint density at radius 2 is 1.93 bits per heavy atom. The smallest absolute Gasteiger partial charge is 0.310 e. The summed E-state index contributed by atoms with van der Waals surface area (Å²) in [5.41, 5.74) is 1.25. The lowest BCUT2D eigenvalue weighted by molar-refractivity contribution is -0.151. The molecule has 4 rings (SSSR count). The molecule has 0 bridgehead atoms. The van der Waals surface area contributed by atoms with Gasteiger partial charge in [-0.3, -0.25) is 19.2 Å². The molecule has 0 aromatic heterocycles. The second-order valence-corrected chi connectivity index (χ2v) is 8.08. The van der Waals surface area contributed by atoms with E-state index in [0.29, 0.717) is 37.2 Å². The molecule has 2 unspecified atom stereocenters. The average Bonchev–Trinajstić information content (AvgIpc) is 3.56. The predicted molar refractivity (Wildman–Crippen MR) is 107 cm³/mol. The topological polar surface area (TPSA) is 96.0 Å². The van der Waals surface area contributed by atoms with E-state index < -0.39 is 6.04 Å². The number of rotatable bonds is 6. The quantitative estimate of drug-likeness (QED) is 0.709. The SMILES string of the molecule is CCOC(=O)C1CCCN(C(=O)CNC(=O)C2c3ccccc3C(=O)N2C2CC2)C1. The van der Waals surface area contributed by atoms with E-state index in [2.05, 4.69) is 5.32 Å². The van der Waals surface area contributed by atoms with Gasteiger partial charge in [0.15, 0.2) is 0 Å². The van der Waals surface area contributed by atoms with Crippen LogP contribution in [-0.2, 0) is 19.1 Å². The Kier molecular flexibility index (Phi) is 5.74. The number of carbonyl (C=O) groups excluding carboxylic acids is 4. The van der Waals surface area contributed by atoms with Gasteiger partial charge in [-0.15, -0.1) is 0 Å². The number of ether oxygens (including phenoxy) is 1. The number of amides is 3. The van der Waals surface area contributed by atoms with E-state index in [0.717, 1.165) is 19.3 Å². The maximum Gasteiger partial charge on any atom is 0.310 e. The Labute approximate surface area is 175 Å². The number of nitrogens with zero attached hydrogens (tertiary/aromatic N) is 2. The van der Waals surface area contributed by atoms with Gasteiger partial charge >= 0.3 is 5.97 Å². The van der Waals surface area contributed by atoms with Crippen LogP contribution in [0.2, 0.25) is 0 Å². The maximum atomic E-state index is 13.0. The molecule has 1 aromatic carbocycles. The van der Waals surface area contributed by atoms with Crippen LogP contribution in [0.3, 0.4) is 0 Å². The minimum atomic E-state index is -0.692. The van der Waals surface area contributed by atoms with E-state index >= 15 is 0 Å². The van der Waals surface area contributed by atoms with Gasteiger partial charge in [-0.1, -0.05) is 18.2 Å². The molecule has 2 atom stereocenters. The van der Waals surface area contributed by atoms with Gasteiger partial charge in [0.2, 0.25) is 11.8 Å². The van der Waals surface area contributed by atoms with Crippen molar-refractivity contribution in [3.05, 3.63) is 35.4 Å². The van der Waals surface area contributed by atoms with Crippen molar-refractivity contribution >= 4 is 23.7 Å². The van der Waals surface area contributed by atoms with Crippen LogP contribution in [0.15, 0.2) is 24.3 Å². The summed E-state index contributed by atoms with van der Waals surface area (Å²) in [6.07, 6.45) is 3.21. The molecule has 2 aliphatic heterocycles. The number of piperidine rings is 1. The predicted octanol–water partition coefficient (Wildman–Crippen LogP) is 1.26. The van der Waals surface area contributed by atoms with Crippen molar-refractivity contribution in [3.63, 3.8) is 0 Å². The van der Waals surface area contributed by atoms with E-state index in [9.17, 15) is 19.2 Å². The van der Waals surface area contributed by atoms with Gasteiger partial charge in [-0.2, -0.15) is 0 Å². The lowest BCUT2D eigenvalue weighted by Crippen LogP contribution is -2.48. The molecule has 3 amide bonds. The zero-order valence-corrected chi connectivity index (χ0v) is 17.1. The molecule has 30 heavy (non-hydrogen) atoms. The number of hydrogen-bond donors (Lipinski definition) is 1. The van der Waals surface area contributed by atoms with Crippen LogP contribution in [-0.4, -0.2) is 65.8 Å². The molecule has 160 valence electrons. The van der Waals surface area contributed by atoms with Crippen molar-refractivity contribution in [2.45, 2.75) is 44.7 Å². The second kappa shape index (κ2) is 8.45. The molecule has 2 fully saturated rings. The van der Waals surface area contributed by atoms with E-state index in [1.807, 2.05) is 6.07 Å². The van der Waals surface area contributed by atoms with Gasteiger partial charge in [0.25, 0.3) is 5.91 Å². The highest BCUT2D eigenvalue weighted by Crippen LogP contribution is 2.41. The third kappa shape index (κ3) is 3.91. The fourth-order valence-electron chi connectivity index (χ4n) is 4.36. The van der Waals surface area contributed by atoms with Crippen LogP contribution in [0.25, 0.3) is 0 Å². The number of nitrogens with one attached hydrogen (secondary N) is 1. The van der Waals surface area contributed by atoms with Gasteiger partial charge < -0.3 is 19.9 Å². The first-order chi connectivity index (χ1) is 14.5. The number of benzene rings is 1. The van der Waals surface area contributed by atoms with Crippen molar-refractivity contribution < 1.29 is 23.9 Å². The summed E-state index contributed by atoms with van der Waals surface area (Å²) in [5.74, 6) is -1.28. The van der Waals surface area contributed by atoms with Gasteiger partial charge in [0, 0.05) is 24.7 Å². The minimum Gasteiger partial charge on any atom is -0.466 e. The average molecular weight is 413 g/mol. The number of likely N-dealkylation sites (tertiary alicyclic amines) is 1.